The number of imidazole rings is 1. The van der Waals surface area contributed by atoms with E-state index in [1.807, 2.05) is 16.0 Å². The van der Waals surface area contributed by atoms with Crippen molar-refractivity contribution in [2.45, 2.75) is 19.4 Å². The molecule has 0 bridgehead atoms. The summed E-state index contributed by atoms with van der Waals surface area (Å²) < 4.78 is 2.01. The zero-order chi connectivity index (χ0) is 14.1. The quantitative estimate of drug-likeness (QED) is 0.931. The van der Waals surface area contributed by atoms with Gasteiger partial charge in [0.25, 0.3) is 0 Å². The highest BCUT2D eigenvalue weighted by Crippen LogP contribution is 2.28. The van der Waals surface area contributed by atoms with Gasteiger partial charge >= 0.3 is 0 Å². The second-order valence-corrected chi connectivity index (χ2v) is 6.66. The Morgan fingerprint density at radius 3 is 2.80 bits per heavy atom. The molecule has 6 heteroatoms. The van der Waals surface area contributed by atoms with Crippen LogP contribution in [0.1, 0.15) is 18.5 Å². The van der Waals surface area contributed by atoms with Crippen molar-refractivity contribution < 1.29 is 5.11 Å². The van der Waals surface area contributed by atoms with Crippen molar-refractivity contribution in [2.24, 2.45) is 5.92 Å². The van der Waals surface area contributed by atoms with E-state index in [1.54, 1.807) is 11.3 Å². The fraction of sp³-hybridized carbons (Fsp3) is 0.643. The van der Waals surface area contributed by atoms with Crippen LogP contribution in [-0.4, -0.2) is 53.1 Å². The van der Waals surface area contributed by atoms with Gasteiger partial charge in [0, 0.05) is 31.2 Å². The lowest BCUT2D eigenvalue weighted by Gasteiger charge is -2.33. The summed E-state index contributed by atoms with van der Waals surface area (Å²) in [6.07, 6.45) is 4.39. The molecule has 0 spiro atoms. The molecule has 0 saturated carbocycles. The SMILES string of the molecule is CN(C)CC1CCN(c2nc3sccn3c2CO)CC1. The summed E-state index contributed by atoms with van der Waals surface area (Å²) in [5, 5.41) is 11.6. The van der Waals surface area contributed by atoms with Crippen LogP contribution in [0.15, 0.2) is 11.6 Å². The van der Waals surface area contributed by atoms with Gasteiger partial charge in [0.15, 0.2) is 10.8 Å². The molecule has 3 rings (SSSR count). The summed E-state index contributed by atoms with van der Waals surface area (Å²) in [7, 11) is 4.28. The summed E-state index contributed by atoms with van der Waals surface area (Å²) in [6.45, 7) is 3.29. The number of hydrogen-bond donors (Lipinski definition) is 1. The number of rotatable bonds is 4. The van der Waals surface area contributed by atoms with Gasteiger partial charge in [-0.15, -0.1) is 11.3 Å². The molecule has 5 nitrogen and oxygen atoms in total. The molecule has 2 aromatic heterocycles. The molecule has 3 heterocycles. The van der Waals surface area contributed by atoms with Crippen LogP contribution in [0.2, 0.25) is 0 Å². The lowest BCUT2D eigenvalue weighted by atomic mass is 9.96. The van der Waals surface area contributed by atoms with Crippen LogP contribution in [0.25, 0.3) is 4.96 Å². The summed E-state index contributed by atoms with van der Waals surface area (Å²) in [5.41, 5.74) is 0.923. The minimum absolute atomic E-state index is 0.0465. The van der Waals surface area contributed by atoms with Gasteiger partial charge in [-0.25, -0.2) is 4.98 Å². The van der Waals surface area contributed by atoms with Crippen molar-refractivity contribution >= 4 is 22.1 Å². The van der Waals surface area contributed by atoms with Crippen molar-refractivity contribution in [3.63, 3.8) is 0 Å². The summed E-state index contributed by atoms with van der Waals surface area (Å²) in [6, 6.07) is 0. The smallest absolute Gasteiger partial charge is 0.195 e. The standard InChI is InChI=1S/C14H22N4OS/c1-16(2)9-11-3-5-17(6-4-11)13-12(10-19)18-7-8-20-14(18)15-13/h7-8,11,19H,3-6,9-10H2,1-2H3. The molecule has 0 radical (unpaired) electrons. The fourth-order valence-electron chi connectivity index (χ4n) is 3.07. The Morgan fingerprint density at radius 1 is 1.40 bits per heavy atom. The first-order chi connectivity index (χ1) is 9.69. The third-order valence-corrected chi connectivity index (χ3v) is 4.78. The van der Waals surface area contributed by atoms with Gasteiger partial charge in [0.05, 0.1) is 12.3 Å². The molecule has 110 valence electrons. The molecule has 2 aromatic rings. The second-order valence-electron chi connectivity index (χ2n) is 5.79. The highest BCUT2D eigenvalue weighted by atomic mass is 32.1. The first kappa shape index (κ1) is 13.9. The third-order valence-electron chi connectivity index (χ3n) is 4.03. The fourth-order valence-corrected chi connectivity index (χ4v) is 3.79. The van der Waals surface area contributed by atoms with E-state index in [0.717, 1.165) is 35.5 Å². The molecule has 1 aliphatic rings. The number of fused-ring (bicyclic) bond motifs is 1. The van der Waals surface area contributed by atoms with Crippen molar-refractivity contribution in [1.82, 2.24) is 14.3 Å². The molecule has 0 amide bonds. The molecular formula is C14H22N4OS. The lowest BCUT2D eigenvalue weighted by molar-refractivity contribution is 0.272. The molecular weight excluding hydrogens is 272 g/mol. The Balaban J connectivity index is 1.74. The molecule has 1 saturated heterocycles. The molecule has 0 atom stereocenters. The first-order valence-corrected chi connectivity index (χ1v) is 8.02. The van der Waals surface area contributed by atoms with Gasteiger partial charge in [-0.3, -0.25) is 4.40 Å². The third kappa shape index (κ3) is 2.55. The average molecular weight is 294 g/mol. The van der Waals surface area contributed by atoms with Crippen LogP contribution in [0.5, 0.6) is 0 Å². The number of thiazole rings is 1. The number of aliphatic hydroxyl groups excluding tert-OH is 1. The second kappa shape index (κ2) is 5.71. The number of aromatic nitrogens is 2. The number of anilines is 1. The van der Waals surface area contributed by atoms with E-state index >= 15 is 0 Å². The number of aliphatic hydroxyl groups is 1. The Labute approximate surface area is 123 Å². The van der Waals surface area contributed by atoms with E-state index in [9.17, 15) is 5.11 Å². The van der Waals surface area contributed by atoms with E-state index < -0.39 is 0 Å². The first-order valence-electron chi connectivity index (χ1n) is 7.14. The van der Waals surface area contributed by atoms with Crippen LogP contribution < -0.4 is 4.90 Å². The number of nitrogens with zero attached hydrogens (tertiary/aromatic N) is 4. The average Bonchev–Trinajstić information content (AvgIpc) is 2.98. The highest BCUT2D eigenvalue weighted by Gasteiger charge is 2.24. The van der Waals surface area contributed by atoms with Crippen LogP contribution in [0, 0.1) is 5.92 Å². The minimum atomic E-state index is 0.0465. The Kier molecular flexibility index (Phi) is 3.96. The van der Waals surface area contributed by atoms with Gasteiger partial charge < -0.3 is 14.9 Å². The minimum Gasteiger partial charge on any atom is -0.390 e. The van der Waals surface area contributed by atoms with Crippen LogP contribution >= 0.6 is 11.3 Å². The van der Waals surface area contributed by atoms with E-state index in [2.05, 4.69) is 23.9 Å². The maximum Gasteiger partial charge on any atom is 0.195 e. The van der Waals surface area contributed by atoms with E-state index in [1.165, 1.54) is 19.4 Å². The largest absolute Gasteiger partial charge is 0.390 e. The maximum absolute atomic E-state index is 9.64. The zero-order valence-corrected chi connectivity index (χ0v) is 12.9. The van der Waals surface area contributed by atoms with Gasteiger partial charge in [-0.1, -0.05) is 0 Å². The van der Waals surface area contributed by atoms with Gasteiger partial charge in [-0.05, 0) is 32.9 Å². The molecule has 0 aromatic carbocycles. The molecule has 1 aliphatic heterocycles. The van der Waals surface area contributed by atoms with Gasteiger partial charge in [-0.2, -0.15) is 0 Å². The predicted octanol–water partition coefficient (Wildman–Crippen LogP) is 1.67. The summed E-state index contributed by atoms with van der Waals surface area (Å²) in [5.74, 6) is 1.75. The normalized spacial score (nSPS) is 17.5. The maximum atomic E-state index is 9.64. The number of piperidine rings is 1. The van der Waals surface area contributed by atoms with E-state index in [4.69, 9.17) is 4.98 Å². The summed E-state index contributed by atoms with van der Waals surface area (Å²) in [4.78, 5) is 10.3. The lowest BCUT2D eigenvalue weighted by Crippen LogP contribution is -2.37. The van der Waals surface area contributed by atoms with Crippen LogP contribution in [-0.2, 0) is 6.61 Å². The van der Waals surface area contributed by atoms with Gasteiger partial charge in [0.2, 0.25) is 0 Å². The van der Waals surface area contributed by atoms with Crippen molar-refractivity contribution in [3.8, 4) is 0 Å². The van der Waals surface area contributed by atoms with Crippen LogP contribution in [0.3, 0.4) is 0 Å². The predicted molar refractivity (Wildman–Crippen MR) is 82.5 cm³/mol. The monoisotopic (exact) mass is 294 g/mol. The Hall–Kier alpha value is -1.11. The van der Waals surface area contributed by atoms with Crippen LogP contribution in [0.4, 0.5) is 5.82 Å². The van der Waals surface area contributed by atoms with Crippen molar-refractivity contribution in [2.75, 3.05) is 38.6 Å². The summed E-state index contributed by atoms with van der Waals surface area (Å²) >= 11 is 1.62. The topological polar surface area (TPSA) is 44.0 Å². The van der Waals surface area contributed by atoms with Crippen molar-refractivity contribution in [3.05, 3.63) is 17.3 Å². The Morgan fingerprint density at radius 2 is 2.15 bits per heavy atom. The van der Waals surface area contributed by atoms with E-state index in [0.29, 0.717) is 0 Å². The molecule has 0 aliphatic carbocycles. The number of hydrogen-bond acceptors (Lipinski definition) is 5. The molecule has 1 fully saturated rings. The van der Waals surface area contributed by atoms with E-state index in [-0.39, 0.29) is 6.61 Å². The highest BCUT2D eigenvalue weighted by molar-refractivity contribution is 7.15. The zero-order valence-electron chi connectivity index (χ0n) is 12.1. The molecule has 0 unspecified atom stereocenters. The van der Waals surface area contributed by atoms with Crippen molar-refractivity contribution in [1.29, 1.82) is 0 Å². The van der Waals surface area contributed by atoms with Gasteiger partial charge in [0.1, 0.15) is 0 Å². The Bertz CT molecular complexity index is 569. The molecule has 1 N–H and O–H groups in total. The molecule has 20 heavy (non-hydrogen) atoms.